The number of rotatable bonds is 6. The van der Waals surface area contributed by atoms with Gasteiger partial charge in [-0.1, -0.05) is 0 Å². The van der Waals surface area contributed by atoms with Gasteiger partial charge in [-0.2, -0.15) is 0 Å². The van der Waals surface area contributed by atoms with Crippen molar-refractivity contribution < 1.29 is 14.4 Å². The highest BCUT2D eigenvalue weighted by molar-refractivity contribution is 8.00. The Labute approximate surface area is 123 Å². The fourth-order valence-corrected chi connectivity index (χ4v) is 2.72. The molecule has 0 radical (unpaired) electrons. The third-order valence-corrected chi connectivity index (χ3v) is 3.67. The molecule has 1 heterocycles. The monoisotopic (exact) mass is 302 g/mol. The summed E-state index contributed by atoms with van der Waals surface area (Å²) in [7, 11) is 1.56. The highest BCUT2D eigenvalue weighted by Crippen LogP contribution is 2.13. The van der Waals surface area contributed by atoms with Crippen LogP contribution in [0.3, 0.4) is 0 Å². The summed E-state index contributed by atoms with van der Waals surface area (Å²) < 4.78 is 0. The van der Waals surface area contributed by atoms with Crippen molar-refractivity contribution in [2.75, 3.05) is 12.8 Å². The minimum Gasteiger partial charge on any atom is -0.359 e. The van der Waals surface area contributed by atoms with Gasteiger partial charge in [0.1, 0.15) is 5.50 Å². The molecule has 114 valence electrons. The van der Waals surface area contributed by atoms with Crippen molar-refractivity contribution >= 4 is 29.5 Å². The molecule has 0 aromatic heterocycles. The summed E-state index contributed by atoms with van der Waals surface area (Å²) in [6.45, 7) is 3.78. The highest BCUT2D eigenvalue weighted by Gasteiger charge is 2.27. The number of nitrogens with one attached hydrogen (secondary N) is 4. The van der Waals surface area contributed by atoms with Crippen LogP contribution in [-0.2, 0) is 14.4 Å². The Kier molecular flexibility index (Phi) is 6.80. The summed E-state index contributed by atoms with van der Waals surface area (Å²) in [6, 6.07) is -0.104. The third kappa shape index (κ3) is 6.25. The zero-order valence-corrected chi connectivity index (χ0v) is 12.8. The Morgan fingerprint density at radius 2 is 2.10 bits per heavy atom. The lowest BCUT2D eigenvalue weighted by Gasteiger charge is -2.30. The van der Waals surface area contributed by atoms with E-state index in [-0.39, 0.29) is 53.9 Å². The smallest absolute Gasteiger partial charge is 0.230 e. The Balaban J connectivity index is 2.39. The first-order valence-electron chi connectivity index (χ1n) is 6.57. The van der Waals surface area contributed by atoms with E-state index in [1.807, 2.05) is 13.8 Å². The van der Waals surface area contributed by atoms with E-state index in [0.717, 1.165) is 0 Å². The van der Waals surface area contributed by atoms with E-state index in [9.17, 15) is 14.4 Å². The summed E-state index contributed by atoms with van der Waals surface area (Å²) in [6.07, 6.45) is 0.516. The maximum Gasteiger partial charge on any atom is 0.230 e. The molecule has 1 aliphatic heterocycles. The lowest BCUT2D eigenvalue weighted by molar-refractivity contribution is -0.125. The van der Waals surface area contributed by atoms with Crippen LogP contribution < -0.4 is 21.3 Å². The van der Waals surface area contributed by atoms with Gasteiger partial charge in [0.15, 0.2) is 0 Å². The first kappa shape index (κ1) is 16.8. The van der Waals surface area contributed by atoms with Crippen molar-refractivity contribution in [2.45, 2.75) is 44.3 Å². The first-order chi connectivity index (χ1) is 9.40. The molecule has 1 rings (SSSR count). The van der Waals surface area contributed by atoms with Crippen molar-refractivity contribution in [3.05, 3.63) is 0 Å². The molecule has 0 bridgehead atoms. The van der Waals surface area contributed by atoms with Crippen molar-refractivity contribution in [3.63, 3.8) is 0 Å². The predicted molar refractivity (Wildman–Crippen MR) is 77.9 cm³/mol. The average molecular weight is 302 g/mol. The van der Waals surface area contributed by atoms with Crippen LogP contribution in [0, 0.1) is 0 Å². The van der Waals surface area contributed by atoms with Gasteiger partial charge in [-0.3, -0.25) is 19.7 Å². The summed E-state index contributed by atoms with van der Waals surface area (Å²) in [4.78, 5) is 34.5. The maximum absolute atomic E-state index is 11.6. The molecule has 1 saturated heterocycles. The van der Waals surface area contributed by atoms with Gasteiger partial charge in [-0.25, -0.2) is 0 Å². The Morgan fingerprint density at radius 1 is 1.40 bits per heavy atom. The van der Waals surface area contributed by atoms with Crippen LogP contribution in [0.4, 0.5) is 0 Å². The fourth-order valence-electron chi connectivity index (χ4n) is 1.81. The standard InChI is InChI=1S/C12H22N4O3S/c1-7(2)14-11(19)6-20-12-15-8(4-9(17)13-3)5-10(18)16-12/h7-8,12,15H,4-6H2,1-3H3,(H,13,17)(H,14,19)(H,16,18). The fraction of sp³-hybridized carbons (Fsp3) is 0.750. The van der Waals surface area contributed by atoms with Crippen LogP contribution in [0.1, 0.15) is 26.7 Å². The minimum absolute atomic E-state index is 0.0746. The van der Waals surface area contributed by atoms with Gasteiger partial charge in [-0.15, -0.1) is 11.8 Å². The second-order valence-corrected chi connectivity index (χ2v) is 6.02. The Morgan fingerprint density at radius 3 is 2.70 bits per heavy atom. The number of thioether (sulfide) groups is 1. The molecule has 2 atom stereocenters. The minimum atomic E-state index is -0.344. The van der Waals surface area contributed by atoms with E-state index in [4.69, 9.17) is 0 Å². The highest BCUT2D eigenvalue weighted by atomic mass is 32.2. The van der Waals surface area contributed by atoms with E-state index < -0.39 is 0 Å². The number of carbonyl (C=O) groups excluding carboxylic acids is 3. The molecule has 2 unspecified atom stereocenters. The molecule has 0 spiro atoms. The van der Waals surface area contributed by atoms with E-state index in [1.165, 1.54) is 11.8 Å². The number of carbonyl (C=O) groups is 3. The van der Waals surface area contributed by atoms with Gasteiger partial charge in [0.2, 0.25) is 17.7 Å². The zero-order valence-electron chi connectivity index (χ0n) is 12.0. The van der Waals surface area contributed by atoms with E-state index in [1.54, 1.807) is 7.05 Å². The van der Waals surface area contributed by atoms with Crippen LogP contribution in [0.15, 0.2) is 0 Å². The van der Waals surface area contributed by atoms with Crippen LogP contribution in [0.2, 0.25) is 0 Å². The van der Waals surface area contributed by atoms with Gasteiger partial charge in [0, 0.05) is 32.0 Å². The molecule has 20 heavy (non-hydrogen) atoms. The average Bonchev–Trinajstić information content (AvgIpc) is 2.34. The first-order valence-corrected chi connectivity index (χ1v) is 7.62. The van der Waals surface area contributed by atoms with Gasteiger partial charge in [-0.05, 0) is 13.8 Å². The lowest BCUT2D eigenvalue weighted by atomic mass is 10.1. The molecule has 8 heteroatoms. The quantitative estimate of drug-likeness (QED) is 0.512. The molecule has 3 amide bonds. The number of amides is 3. The second-order valence-electron chi connectivity index (χ2n) is 4.93. The summed E-state index contributed by atoms with van der Waals surface area (Å²) in [5.74, 6) is -0.0459. The van der Waals surface area contributed by atoms with Crippen molar-refractivity contribution in [2.24, 2.45) is 0 Å². The lowest BCUT2D eigenvalue weighted by Crippen LogP contribution is -2.56. The molecule has 0 saturated carbocycles. The predicted octanol–water partition coefficient (Wildman–Crippen LogP) is -0.858. The largest absolute Gasteiger partial charge is 0.359 e. The van der Waals surface area contributed by atoms with Gasteiger partial charge < -0.3 is 16.0 Å². The summed E-state index contributed by atoms with van der Waals surface area (Å²) >= 11 is 1.30. The molecule has 1 fully saturated rings. The maximum atomic E-state index is 11.6. The zero-order chi connectivity index (χ0) is 15.1. The summed E-state index contributed by atoms with van der Waals surface area (Å²) in [5, 5.41) is 11.2. The molecular weight excluding hydrogens is 280 g/mol. The second kappa shape index (κ2) is 8.11. The molecule has 0 aliphatic carbocycles. The number of hydrogen-bond donors (Lipinski definition) is 4. The van der Waals surface area contributed by atoms with Gasteiger partial charge in [0.05, 0.1) is 5.75 Å². The van der Waals surface area contributed by atoms with E-state index in [0.29, 0.717) is 0 Å². The molecular formula is C12H22N4O3S. The SMILES string of the molecule is CNC(=O)CC1CC(=O)NC(SCC(=O)NC(C)C)N1. The van der Waals surface area contributed by atoms with Gasteiger partial charge in [0.25, 0.3) is 0 Å². The van der Waals surface area contributed by atoms with Gasteiger partial charge >= 0.3 is 0 Å². The van der Waals surface area contributed by atoms with Crippen molar-refractivity contribution in [1.82, 2.24) is 21.3 Å². The number of hydrogen-bond acceptors (Lipinski definition) is 5. The van der Waals surface area contributed by atoms with E-state index >= 15 is 0 Å². The van der Waals surface area contributed by atoms with Crippen molar-refractivity contribution in [1.29, 1.82) is 0 Å². The normalized spacial score (nSPS) is 22.3. The Hall–Kier alpha value is -1.28. The van der Waals surface area contributed by atoms with Crippen LogP contribution in [0.5, 0.6) is 0 Å². The van der Waals surface area contributed by atoms with Crippen molar-refractivity contribution in [3.8, 4) is 0 Å². The van der Waals surface area contributed by atoms with Crippen LogP contribution >= 0.6 is 11.8 Å². The molecule has 0 aromatic carbocycles. The van der Waals surface area contributed by atoms with Crippen LogP contribution in [0.25, 0.3) is 0 Å². The Bertz CT molecular complexity index is 376. The molecule has 0 aromatic rings. The van der Waals surface area contributed by atoms with E-state index in [2.05, 4.69) is 21.3 Å². The van der Waals surface area contributed by atoms with Crippen LogP contribution in [-0.4, -0.2) is 48.1 Å². The molecule has 7 nitrogen and oxygen atoms in total. The summed E-state index contributed by atoms with van der Waals surface area (Å²) in [5.41, 5.74) is -0.344. The third-order valence-electron chi connectivity index (χ3n) is 2.65. The molecule has 4 N–H and O–H groups in total. The molecule has 1 aliphatic rings. The topological polar surface area (TPSA) is 99.3 Å².